The molecule has 0 radical (unpaired) electrons. The van der Waals surface area contributed by atoms with Crippen LogP contribution in [0.5, 0.6) is 5.75 Å². The van der Waals surface area contributed by atoms with Crippen LogP contribution in [0.2, 0.25) is 5.02 Å². The number of likely N-dealkylation sites (tertiary alicyclic amines) is 1. The molecule has 2 heterocycles. The van der Waals surface area contributed by atoms with Crippen LogP contribution in [-0.2, 0) is 13.0 Å². The highest BCUT2D eigenvalue weighted by atomic mass is 35.5. The number of benzene rings is 1. The zero-order valence-corrected chi connectivity index (χ0v) is 15.3. The van der Waals surface area contributed by atoms with Crippen LogP contribution in [-0.4, -0.2) is 40.8 Å². The van der Waals surface area contributed by atoms with Gasteiger partial charge in [0.2, 0.25) is 0 Å². The maximum Gasteiger partial charge on any atom is 0.137 e. The predicted octanol–water partition coefficient (Wildman–Crippen LogP) is 3.56. The Hall–Kier alpha value is -1.62. The van der Waals surface area contributed by atoms with Gasteiger partial charge in [-0.2, -0.15) is 0 Å². The summed E-state index contributed by atoms with van der Waals surface area (Å²) < 4.78 is 5.62. The lowest BCUT2D eigenvalue weighted by Crippen LogP contribution is -2.21. The zero-order valence-electron chi connectivity index (χ0n) is 14.6. The number of hydrogen-bond donors (Lipinski definition) is 1. The van der Waals surface area contributed by atoms with Crippen LogP contribution >= 0.6 is 11.6 Å². The van der Waals surface area contributed by atoms with Crippen LogP contribution in [0.15, 0.2) is 42.7 Å². The molecule has 1 aliphatic rings. The van der Waals surface area contributed by atoms with E-state index in [0.717, 1.165) is 37.2 Å². The summed E-state index contributed by atoms with van der Waals surface area (Å²) in [5.41, 5.74) is 2.37. The average molecular weight is 361 g/mol. The van der Waals surface area contributed by atoms with Crippen molar-refractivity contribution in [1.82, 2.24) is 9.88 Å². The number of aromatic nitrogens is 1. The molecular formula is C20H25ClN2O2. The van der Waals surface area contributed by atoms with Crippen molar-refractivity contribution in [3.05, 3.63) is 58.9 Å². The molecule has 0 saturated carbocycles. The standard InChI is InChI=1S/C20H25ClN2O2/c1-2-9-25-20-4-3-16(11-18(20)21)12-23-13-17(19(24)14-23)10-15-5-7-22-8-6-15/h3-8,11,17,19,24H,2,9-10,12-14H2,1H3/t17-,19+/m1/s1. The lowest BCUT2D eigenvalue weighted by molar-refractivity contribution is 0.141. The highest BCUT2D eigenvalue weighted by Crippen LogP contribution is 2.28. The normalized spacial score (nSPS) is 20.8. The summed E-state index contributed by atoms with van der Waals surface area (Å²) in [7, 11) is 0. The van der Waals surface area contributed by atoms with Crippen LogP contribution in [0.1, 0.15) is 24.5 Å². The van der Waals surface area contributed by atoms with Gasteiger partial charge in [-0.25, -0.2) is 0 Å². The Morgan fingerprint density at radius 2 is 2.00 bits per heavy atom. The van der Waals surface area contributed by atoms with Gasteiger partial charge in [-0.1, -0.05) is 24.6 Å². The molecule has 1 N–H and O–H groups in total. The zero-order chi connectivity index (χ0) is 17.6. The number of halogens is 1. The van der Waals surface area contributed by atoms with Crippen molar-refractivity contribution < 1.29 is 9.84 Å². The van der Waals surface area contributed by atoms with Crippen LogP contribution in [0.4, 0.5) is 0 Å². The van der Waals surface area contributed by atoms with E-state index in [2.05, 4.69) is 22.9 Å². The molecule has 3 rings (SSSR count). The molecule has 0 aliphatic carbocycles. The van der Waals surface area contributed by atoms with Gasteiger partial charge in [-0.15, -0.1) is 0 Å². The fraction of sp³-hybridized carbons (Fsp3) is 0.450. The maximum atomic E-state index is 10.4. The second kappa shape index (κ2) is 8.65. The Labute approximate surface area is 154 Å². The fourth-order valence-electron chi connectivity index (χ4n) is 3.32. The molecule has 1 fully saturated rings. The summed E-state index contributed by atoms with van der Waals surface area (Å²) in [4.78, 5) is 6.33. The smallest absolute Gasteiger partial charge is 0.137 e. The van der Waals surface area contributed by atoms with Crippen LogP contribution < -0.4 is 4.74 Å². The van der Waals surface area contributed by atoms with E-state index in [9.17, 15) is 5.11 Å². The van der Waals surface area contributed by atoms with E-state index in [1.807, 2.05) is 24.3 Å². The number of nitrogens with zero attached hydrogens (tertiary/aromatic N) is 2. The predicted molar refractivity (Wildman–Crippen MR) is 100.0 cm³/mol. The van der Waals surface area contributed by atoms with Gasteiger partial charge in [0, 0.05) is 37.9 Å². The summed E-state index contributed by atoms with van der Waals surface area (Å²) >= 11 is 6.32. The molecule has 0 amide bonds. The quantitative estimate of drug-likeness (QED) is 0.820. The Balaban J connectivity index is 1.57. The number of aliphatic hydroxyl groups excluding tert-OH is 1. The minimum Gasteiger partial charge on any atom is -0.492 e. The second-order valence-corrected chi connectivity index (χ2v) is 7.10. The van der Waals surface area contributed by atoms with Gasteiger partial charge < -0.3 is 9.84 Å². The largest absolute Gasteiger partial charge is 0.492 e. The third-order valence-corrected chi connectivity index (χ3v) is 4.89. The number of aliphatic hydroxyl groups is 1. The average Bonchev–Trinajstić information content (AvgIpc) is 2.94. The number of ether oxygens (including phenoxy) is 1. The SMILES string of the molecule is CCCOc1ccc(CN2C[C@@H](Cc3ccncc3)[C@@H](O)C2)cc1Cl. The van der Waals surface area contributed by atoms with Gasteiger partial charge in [0.1, 0.15) is 5.75 Å². The molecular weight excluding hydrogens is 336 g/mol. The number of pyridine rings is 1. The molecule has 0 bridgehead atoms. The number of hydrogen-bond acceptors (Lipinski definition) is 4. The van der Waals surface area contributed by atoms with Crippen LogP contribution in [0.3, 0.4) is 0 Å². The minimum absolute atomic E-state index is 0.255. The highest BCUT2D eigenvalue weighted by molar-refractivity contribution is 6.32. The summed E-state index contributed by atoms with van der Waals surface area (Å²) in [5.74, 6) is 0.995. The Kier molecular flexibility index (Phi) is 6.29. The highest BCUT2D eigenvalue weighted by Gasteiger charge is 2.31. The summed E-state index contributed by atoms with van der Waals surface area (Å²) in [6, 6.07) is 10.00. The van der Waals surface area contributed by atoms with Gasteiger partial charge in [0.25, 0.3) is 0 Å². The Morgan fingerprint density at radius 3 is 2.72 bits per heavy atom. The van der Waals surface area contributed by atoms with Gasteiger partial charge in [0.05, 0.1) is 17.7 Å². The second-order valence-electron chi connectivity index (χ2n) is 6.69. The van der Waals surface area contributed by atoms with E-state index in [1.54, 1.807) is 12.4 Å². The summed E-state index contributed by atoms with van der Waals surface area (Å²) in [6.07, 6.45) is 5.15. The fourth-order valence-corrected chi connectivity index (χ4v) is 3.58. The third-order valence-electron chi connectivity index (χ3n) is 4.59. The number of β-amino-alcohol motifs (C(OH)–C–C–N with tert-alkyl or cyclic N) is 1. The molecule has 134 valence electrons. The van der Waals surface area contributed by atoms with E-state index in [0.29, 0.717) is 18.2 Å². The maximum absolute atomic E-state index is 10.4. The van der Waals surface area contributed by atoms with Gasteiger partial charge in [0.15, 0.2) is 0 Å². The van der Waals surface area contributed by atoms with E-state index in [4.69, 9.17) is 16.3 Å². The Morgan fingerprint density at radius 1 is 1.20 bits per heavy atom. The molecule has 1 aromatic heterocycles. The van der Waals surface area contributed by atoms with E-state index < -0.39 is 0 Å². The third kappa shape index (κ3) is 4.94. The van der Waals surface area contributed by atoms with Crippen LogP contribution in [0.25, 0.3) is 0 Å². The lowest BCUT2D eigenvalue weighted by atomic mass is 9.97. The van der Waals surface area contributed by atoms with Gasteiger partial charge >= 0.3 is 0 Å². The van der Waals surface area contributed by atoms with Gasteiger partial charge in [-0.05, 0) is 48.2 Å². The van der Waals surface area contributed by atoms with Crippen molar-refractivity contribution in [3.8, 4) is 5.75 Å². The Bertz CT molecular complexity index is 681. The van der Waals surface area contributed by atoms with Crippen LogP contribution in [0, 0.1) is 5.92 Å². The molecule has 2 atom stereocenters. The molecule has 5 heteroatoms. The van der Waals surface area contributed by atoms with E-state index in [1.165, 1.54) is 5.56 Å². The molecule has 0 spiro atoms. The van der Waals surface area contributed by atoms with Gasteiger partial charge in [-0.3, -0.25) is 9.88 Å². The van der Waals surface area contributed by atoms with Crippen molar-refractivity contribution in [2.24, 2.45) is 5.92 Å². The van der Waals surface area contributed by atoms with E-state index >= 15 is 0 Å². The molecule has 4 nitrogen and oxygen atoms in total. The molecule has 1 aliphatic heterocycles. The first-order chi connectivity index (χ1) is 12.2. The lowest BCUT2D eigenvalue weighted by Gasteiger charge is -2.16. The topological polar surface area (TPSA) is 45.6 Å². The molecule has 25 heavy (non-hydrogen) atoms. The summed E-state index contributed by atoms with van der Waals surface area (Å²) in [6.45, 7) is 5.12. The monoisotopic (exact) mass is 360 g/mol. The van der Waals surface area contributed by atoms with Crippen molar-refractivity contribution in [3.63, 3.8) is 0 Å². The molecule has 1 aromatic carbocycles. The molecule has 2 aromatic rings. The first kappa shape index (κ1) is 18.2. The first-order valence-corrected chi connectivity index (χ1v) is 9.24. The molecule has 1 saturated heterocycles. The van der Waals surface area contributed by atoms with Crippen molar-refractivity contribution in [1.29, 1.82) is 0 Å². The molecule has 0 unspecified atom stereocenters. The number of rotatable bonds is 7. The first-order valence-electron chi connectivity index (χ1n) is 8.86. The van der Waals surface area contributed by atoms with E-state index in [-0.39, 0.29) is 12.0 Å². The minimum atomic E-state index is -0.296. The summed E-state index contributed by atoms with van der Waals surface area (Å²) in [5, 5.41) is 11.0. The van der Waals surface area contributed by atoms with Crippen molar-refractivity contribution >= 4 is 11.6 Å². The van der Waals surface area contributed by atoms with Crippen molar-refractivity contribution in [2.75, 3.05) is 19.7 Å². The van der Waals surface area contributed by atoms with Crippen molar-refractivity contribution in [2.45, 2.75) is 32.4 Å².